The minimum absolute atomic E-state index is 1.24. The van der Waals surface area contributed by atoms with Gasteiger partial charge in [0.1, 0.15) is 0 Å². The van der Waals surface area contributed by atoms with Crippen LogP contribution in [-0.2, 0) is 0 Å². The van der Waals surface area contributed by atoms with Gasteiger partial charge in [-0.05, 0) is 0 Å². The summed E-state index contributed by atoms with van der Waals surface area (Å²) in [6.07, 6.45) is 0. The molecule has 0 N–H and O–H groups in total. The smallest absolute Gasteiger partial charge is 0.210 e. The summed E-state index contributed by atoms with van der Waals surface area (Å²) in [4.78, 5) is 0. The number of rotatable bonds is 0. The molecular weight excluding hydrogens is 194 g/mol. The van der Waals surface area contributed by atoms with Gasteiger partial charge in [-0.1, -0.05) is 22.7 Å². The Kier molecular flexibility index (Phi) is 2.66. The highest BCUT2D eigenvalue weighted by atomic mass is 32.2. The lowest BCUT2D eigenvalue weighted by Crippen LogP contribution is -2.34. The normalized spacial score (nSPS) is 18.7. The second kappa shape index (κ2) is 3.74. The molecule has 1 nitrogen and oxygen atoms in total. The van der Waals surface area contributed by atoms with Gasteiger partial charge in [0, 0.05) is 10.8 Å². The van der Waals surface area contributed by atoms with Gasteiger partial charge in [0.05, 0.1) is 11.5 Å². The lowest BCUT2D eigenvalue weighted by molar-refractivity contribution is 0.639. The molecule has 0 aliphatic carbocycles. The van der Waals surface area contributed by atoms with E-state index in [2.05, 4.69) is 27.1 Å². The van der Waals surface area contributed by atoms with Gasteiger partial charge in [-0.15, -0.1) is 11.8 Å². The maximum Gasteiger partial charge on any atom is 0.313 e. The Labute approximate surface area is 78.4 Å². The van der Waals surface area contributed by atoms with Crippen LogP contribution in [0.25, 0.3) is 0 Å². The van der Waals surface area contributed by atoms with Crippen LogP contribution in [0.2, 0.25) is 0 Å². The van der Waals surface area contributed by atoms with Crippen LogP contribution >= 0.6 is 34.4 Å². The fourth-order valence-corrected chi connectivity index (χ4v) is 3.89. The molecule has 0 bridgehead atoms. The Bertz CT molecular complexity index is 261. The molecule has 0 spiro atoms. The third-order valence-corrected chi connectivity index (χ3v) is 4.82. The predicted molar refractivity (Wildman–Crippen MR) is 54.5 cm³/mol. The third-order valence-electron chi connectivity index (χ3n) is 1.66. The lowest BCUT2D eigenvalue weighted by atomic mass is 10.6. The van der Waals surface area contributed by atoms with Crippen LogP contribution in [0.1, 0.15) is 0 Å². The van der Waals surface area contributed by atoms with E-state index in [9.17, 15) is 0 Å². The number of hydrogen-bond acceptors (Lipinski definition) is 3. The molecule has 0 aromatic carbocycles. The second-order valence-corrected chi connectivity index (χ2v) is 5.65. The molecule has 2 rings (SSSR count). The Hall–Kier alpha value is 0.200. The van der Waals surface area contributed by atoms with E-state index in [0.29, 0.717) is 0 Å². The van der Waals surface area contributed by atoms with E-state index in [0.717, 1.165) is 0 Å². The molecule has 0 radical (unpaired) electrons. The molecule has 2 heterocycles. The number of nitrogens with zero attached hydrogens (tertiary/aromatic N) is 1. The SMILES string of the molecule is c1csc(=[N+]2CCSCC2)s1. The molecular formula is C7H10NS3+. The van der Waals surface area contributed by atoms with Crippen LogP contribution in [0.3, 0.4) is 0 Å². The highest BCUT2D eigenvalue weighted by Crippen LogP contribution is 2.04. The summed E-state index contributed by atoms with van der Waals surface area (Å²) in [7, 11) is 0. The van der Waals surface area contributed by atoms with Crippen LogP contribution in [0.5, 0.6) is 0 Å². The highest BCUT2D eigenvalue weighted by molar-refractivity contribution is 7.99. The first-order valence-corrected chi connectivity index (χ1v) is 6.56. The standard InChI is InChI=1S/C7H10NS3/c1-3-9-4-2-8(1)7-10-5-6-11-7/h5-6H,1-4H2/q+1. The second-order valence-electron chi connectivity index (χ2n) is 2.37. The van der Waals surface area contributed by atoms with Gasteiger partial charge in [0.2, 0.25) is 0 Å². The minimum atomic E-state index is 1.24. The van der Waals surface area contributed by atoms with E-state index in [1.54, 1.807) is 0 Å². The summed E-state index contributed by atoms with van der Waals surface area (Å²) in [6, 6.07) is 0. The molecule has 0 amide bonds. The third kappa shape index (κ3) is 1.86. The van der Waals surface area contributed by atoms with Crippen molar-refractivity contribution >= 4 is 34.4 Å². The van der Waals surface area contributed by atoms with Crippen molar-refractivity contribution in [1.82, 2.24) is 4.58 Å². The maximum atomic E-state index is 2.49. The van der Waals surface area contributed by atoms with Crippen molar-refractivity contribution in [3.63, 3.8) is 0 Å². The molecule has 1 aromatic rings. The Morgan fingerprint density at radius 1 is 1.09 bits per heavy atom. The van der Waals surface area contributed by atoms with Crippen molar-refractivity contribution in [2.75, 3.05) is 24.6 Å². The first-order valence-electron chi connectivity index (χ1n) is 3.65. The van der Waals surface area contributed by atoms with Gasteiger partial charge in [0.15, 0.2) is 13.1 Å². The van der Waals surface area contributed by atoms with E-state index >= 15 is 0 Å². The topological polar surface area (TPSA) is 3.01 Å². The molecule has 11 heavy (non-hydrogen) atoms. The van der Waals surface area contributed by atoms with E-state index in [-0.39, 0.29) is 0 Å². The fourth-order valence-electron chi connectivity index (χ4n) is 1.09. The first kappa shape index (κ1) is 7.83. The molecule has 1 fully saturated rings. The monoisotopic (exact) mass is 204 g/mol. The van der Waals surface area contributed by atoms with Gasteiger partial charge in [-0.3, -0.25) is 0 Å². The highest BCUT2D eigenvalue weighted by Gasteiger charge is 2.12. The van der Waals surface area contributed by atoms with Crippen molar-refractivity contribution < 1.29 is 0 Å². The van der Waals surface area contributed by atoms with E-state index < -0.39 is 0 Å². The Morgan fingerprint density at radius 3 is 2.36 bits per heavy atom. The van der Waals surface area contributed by atoms with E-state index in [1.165, 1.54) is 28.6 Å². The van der Waals surface area contributed by atoms with E-state index in [1.807, 2.05) is 22.7 Å². The van der Waals surface area contributed by atoms with E-state index in [4.69, 9.17) is 0 Å². The zero-order valence-corrected chi connectivity index (χ0v) is 8.60. The Balaban J connectivity index is 2.32. The van der Waals surface area contributed by atoms with Crippen molar-refractivity contribution in [3.8, 4) is 0 Å². The summed E-state index contributed by atoms with van der Waals surface area (Å²) in [6.45, 7) is 2.48. The maximum absolute atomic E-state index is 2.49. The van der Waals surface area contributed by atoms with Gasteiger partial charge in [-0.25, -0.2) is 4.58 Å². The van der Waals surface area contributed by atoms with Gasteiger partial charge >= 0.3 is 3.98 Å². The predicted octanol–water partition coefficient (Wildman–Crippen LogP) is 1.33. The molecule has 0 unspecified atom stereocenters. The van der Waals surface area contributed by atoms with Crippen LogP contribution in [0.4, 0.5) is 0 Å². The van der Waals surface area contributed by atoms with Gasteiger partial charge in [-0.2, -0.15) is 0 Å². The van der Waals surface area contributed by atoms with Crippen LogP contribution in [0.15, 0.2) is 10.8 Å². The average molecular weight is 204 g/mol. The quantitative estimate of drug-likeness (QED) is 0.576. The summed E-state index contributed by atoms with van der Waals surface area (Å²) in [5.41, 5.74) is 0. The van der Waals surface area contributed by atoms with Crippen molar-refractivity contribution in [2.24, 2.45) is 0 Å². The first-order chi connectivity index (χ1) is 5.47. The largest absolute Gasteiger partial charge is 0.313 e. The molecule has 1 saturated heterocycles. The zero-order valence-electron chi connectivity index (χ0n) is 6.16. The van der Waals surface area contributed by atoms with Crippen molar-refractivity contribution in [3.05, 3.63) is 14.7 Å². The summed E-state index contributed by atoms with van der Waals surface area (Å²) in [5.74, 6) is 2.59. The summed E-state index contributed by atoms with van der Waals surface area (Å²) in [5, 5.41) is 4.34. The zero-order chi connectivity index (χ0) is 7.52. The van der Waals surface area contributed by atoms with Crippen molar-refractivity contribution in [2.45, 2.75) is 0 Å². The average Bonchev–Trinajstić information content (AvgIpc) is 2.58. The number of thioether (sulfide) groups is 1. The van der Waals surface area contributed by atoms with Crippen LogP contribution < -0.4 is 8.56 Å². The molecule has 0 saturated carbocycles. The van der Waals surface area contributed by atoms with Crippen molar-refractivity contribution in [1.29, 1.82) is 0 Å². The Morgan fingerprint density at radius 2 is 1.73 bits per heavy atom. The molecule has 1 aliphatic heterocycles. The molecule has 4 heteroatoms. The molecule has 1 aliphatic rings. The summed E-state index contributed by atoms with van der Waals surface area (Å²) < 4.78 is 3.97. The minimum Gasteiger partial charge on any atom is -0.210 e. The molecule has 1 aromatic heterocycles. The van der Waals surface area contributed by atoms with Gasteiger partial charge in [0.25, 0.3) is 0 Å². The number of hydrogen-bond donors (Lipinski definition) is 0. The molecule has 0 atom stereocenters. The fraction of sp³-hybridized carbons (Fsp3) is 0.571. The lowest BCUT2D eigenvalue weighted by Gasteiger charge is -2.07. The van der Waals surface area contributed by atoms with Crippen LogP contribution in [-0.4, -0.2) is 24.6 Å². The van der Waals surface area contributed by atoms with Crippen LogP contribution in [0, 0.1) is 0 Å². The molecule has 60 valence electrons. The summed E-state index contributed by atoms with van der Waals surface area (Å²) >= 11 is 5.79. The van der Waals surface area contributed by atoms with Gasteiger partial charge < -0.3 is 0 Å².